The van der Waals surface area contributed by atoms with E-state index in [4.69, 9.17) is 15.5 Å². The Bertz CT molecular complexity index is 976. The van der Waals surface area contributed by atoms with Crippen molar-refractivity contribution in [3.8, 4) is 6.07 Å². The molecule has 1 saturated carbocycles. The fourth-order valence-electron chi connectivity index (χ4n) is 4.97. The fraction of sp³-hybridized carbons (Fsp3) is 0.458. The number of guanidine groups is 1. The summed E-state index contributed by atoms with van der Waals surface area (Å²) in [5, 5.41) is 9.38. The van der Waals surface area contributed by atoms with Crippen LogP contribution in [0.1, 0.15) is 49.7 Å². The Hall–Kier alpha value is -2.91. The van der Waals surface area contributed by atoms with Gasteiger partial charge in [-0.3, -0.25) is 9.69 Å². The van der Waals surface area contributed by atoms with E-state index in [1.54, 1.807) is 14.2 Å². The molecular weight excluding hydrogens is 376 g/mol. The minimum Gasteiger partial charge on any atom is -0.374 e. The maximum atomic E-state index is 13.4. The van der Waals surface area contributed by atoms with Crippen molar-refractivity contribution in [3.05, 3.63) is 59.2 Å². The second kappa shape index (κ2) is 7.41. The summed E-state index contributed by atoms with van der Waals surface area (Å²) in [5.41, 5.74) is 7.88. The number of benzene rings is 1. The lowest BCUT2D eigenvalue weighted by molar-refractivity contribution is -0.131. The van der Waals surface area contributed by atoms with Crippen molar-refractivity contribution in [2.45, 2.75) is 49.7 Å². The summed E-state index contributed by atoms with van der Waals surface area (Å²) in [5.74, 6) is -0.458. The third-order valence-electron chi connectivity index (χ3n) is 7.16. The van der Waals surface area contributed by atoms with E-state index in [-0.39, 0.29) is 23.4 Å². The van der Waals surface area contributed by atoms with E-state index >= 15 is 0 Å². The number of likely N-dealkylation sites (N-methyl/N-ethyl adjacent to an activating group) is 1. The van der Waals surface area contributed by atoms with Gasteiger partial charge in [-0.25, -0.2) is 4.99 Å². The van der Waals surface area contributed by atoms with E-state index in [9.17, 15) is 10.1 Å². The molecule has 0 saturated heterocycles. The van der Waals surface area contributed by atoms with Gasteiger partial charge in [-0.15, -0.1) is 0 Å². The molecule has 30 heavy (non-hydrogen) atoms. The van der Waals surface area contributed by atoms with Gasteiger partial charge in [0.25, 0.3) is 0 Å². The second-order valence-electron chi connectivity index (χ2n) is 8.70. The molecule has 1 aromatic rings. The number of nitrogens with zero attached hydrogens (tertiary/aromatic N) is 3. The summed E-state index contributed by atoms with van der Waals surface area (Å²) in [7, 11) is 3.42. The minimum absolute atomic E-state index is 0.0793. The van der Waals surface area contributed by atoms with Gasteiger partial charge in [0.2, 0.25) is 5.91 Å². The number of carbonyl (C=O) groups is 1. The summed E-state index contributed by atoms with van der Waals surface area (Å²) in [6.07, 6.45) is 9.47. The molecule has 156 valence electrons. The highest BCUT2D eigenvalue weighted by atomic mass is 16.5. The topological polar surface area (TPSA) is 91.7 Å². The smallest absolute Gasteiger partial charge is 0.239 e. The average Bonchev–Trinajstić information content (AvgIpc) is 2.73. The maximum absolute atomic E-state index is 13.4. The van der Waals surface area contributed by atoms with E-state index in [0.29, 0.717) is 12.0 Å². The molecule has 3 aliphatic rings. The second-order valence-corrected chi connectivity index (χ2v) is 8.70. The fourth-order valence-corrected chi connectivity index (χ4v) is 4.97. The Morgan fingerprint density at radius 2 is 2.00 bits per heavy atom. The number of allylic oxidation sites excluding steroid dienone is 3. The first-order chi connectivity index (χ1) is 14.3. The number of nitriles is 1. The summed E-state index contributed by atoms with van der Waals surface area (Å²) < 4.78 is 5.80. The molecule has 1 aromatic carbocycles. The van der Waals surface area contributed by atoms with Crippen LogP contribution in [0.4, 0.5) is 0 Å². The number of hydrogen-bond acceptors (Lipinski definition) is 5. The highest BCUT2D eigenvalue weighted by Crippen LogP contribution is 2.47. The van der Waals surface area contributed by atoms with Gasteiger partial charge < -0.3 is 10.5 Å². The number of carbonyl (C=O) groups excluding carboxylic acids is 1. The van der Waals surface area contributed by atoms with Crippen LogP contribution in [0.25, 0.3) is 0 Å². The predicted molar refractivity (Wildman–Crippen MR) is 115 cm³/mol. The van der Waals surface area contributed by atoms with Crippen LogP contribution in [0.15, 0.2) is 53.1 Å². The van der Waals surface area contributed by atoms with Crippen molar-refractivity contribution in [2.24, 2.45) is 16.6 Å². The summed E-state index contributed by atoms with van der Waals surface area (Å²) in [6.45, 7) is 1.97. The molecule has 2 aliphatic carbocycles. The van der Waals surface area contributed by atoms with Crippen LogP contribution in [0.5, 0.6) is 0 Å². The Morgan fingerprint density at radius 3 is 2.57 bits per heavy atom. The Kier molecular flexibility index (Phi) is 5.03. The molecule has 6 nitrogen and oxygen atoms in total. The Morgan fingerprint density at radius 1 is 1.30 bits per heavy atom. The third-order valence-corrected chi connectivity index (χ3v) is 7.16. The van der Waals surface area contributed by atoms with Crippen molar-refractivity contribution >= 4 is 11.9 Å². The summed E-state index contributed by atoms with van der Waals surface area (Å²) >= 11 is 0. The van der Waals surface area contributed by atoms with E-state index in [1.807, 2.05) is 37.3 Å². The van der Waals surface area contributed by atoms with Crippen LogP contribution < -0.4 is 5.73 Å². The number of methoxy groups -OCH3 is 1. The molecule has 6 heteroatoms. The van der Waals surface area contributed by atoms with E-state index in [2.05, 4.69) is 18.2 Å². The SMILES string of the molecule is COC1(c2ccc([C@H]3C(=O)N(C)C(N)=N[C@]3(C)C3C=CC=C(C#N)C3)cc2)CCC1. The van der Waals surface area contributed by atoms with Crippen molar-refractivity contribution in [1.82, 2.24) is 4.90 Å². The first kappa shape index (κ1) is 20.4. The lowest BCUT2D eigenvalue weighted by Gasteiger charge is -2.45. The average molecular weight is 405 g/mol. The molecule has 0 spiro atoms. The zero-order valence-corrected chi connectivity index (χ0v) is 17.8. The van der Waals surface area contributed by atoms with E-state index < -0.39 is 11.5 Å². The van der Waals surface area contributed by atoms with Crippen LogP contribution >= 0.6 is 0 Å². The number of aliphatic imine (C=N–C) groups is 1. The van der Waals surface area contributed by atoms with Crippen molar-refractivity contribution in [2.75, 3.05) is 14.2 Å². The van der Waals surface area contributed by atoms with Crippen molar-refractivity contribution in [3.63, 3.8) is 0 Å². The predicted octanol–water partition coefficient (Wildman–Crippen LogP) is 3.37. The van der Waals surface area contributed by atoms with Gasteiger partial charge in [0.1, 0.15) is 0 Å². The van der Waals surface area contributed by atoms with Gasteiger partial charge in [0, 0.05) is 25.6 Å². The standard InChI is InChI=1S/C24H28N4O2/c1-23(19-7-4-6-16(14-19)15-25)20(21(29)28(2)22(26)27-23)17-8-10-18(11-9-17)24(30-3)12-5-13-24/h4,6-11,19-20H,5,12-14H2,1-3H3,(H2,26,27)/t19?,20-,23+/m0/s1. The van der Waals surface area contributed by atoms with Gasteiger partial charge in [-0.05, 0) is 49.8 Å². The third kappa shape index (κ3) is 3.05. The number of hydrogen-bond donors (Lipinski definition) is 1. The van der Waals surface area contributed by atoms with Crippen molar-refractivity contribution in [1.29, 1.82) is 5.26 Å². The van der Waals surface area contributed by atoms with Gasteiger partial charge in [-0.2, -0.15) is 5.26 Å². The van der Waals surface area contributed by atoms with Crippen LogP contribution in [0.2, 0.25) is 0 Å². The Labute approximate surface area is 177 Å². The molecule has 1 amide bonds. The van der Waals surface area contributed by atoms with Crippen LogP contribution in [-0.4, -0.2) is 36.5 Å². The molecule has 1 aliphatic heterocycles. The molecule has 2 N–H and O–H groups in total. The van der Waals surface area contributed by atoms with Crippen molar-refractivity contribution < 1.29 is 9.53 Å². The lowest BCUT2D eigenvalue weighted by atomic mass is 9.67. The van der Waals surface area contributed by atoms with Gasteiger partial charge in [-0.1, -0.05) is 36.4 Å². The number of amides is 1. The molecule has 1 heterocycles. The molecule has 0 aromatic heterocycles. The first-order valence-electron chi connectivity index (χ1n) is 10.4. The minimum atomic E-state index is -0.780. The first-order valence-corrected chi connectivity index (χ1v) is 10.4. The molecule has 1 fully saturated rings. The summed E-state index contributed by atoms with van der Waals surface area (Å²) in [6, 6.07) is 10.4. The zero-order valence-electron chi connectivity index (χ0n) is 17.8. The highest BCUT2D eigenvalue weighted by Gasteiger charge is 2.50. The van der Waals surface area contributed by atoms with E-state index in [0.717, 1.165) is 30.4 Å². The molecule has 0 radical (unpaired) electrons. The van der Waals surface area contributed by atoms with Crippen LogP contribution in [-0.2, 0) is 15.1 Å². The maximum Gasteiger partial charge on any atom is 0.239 e. The monoisotopic (exact) mass is 404 g/mol. The molecule has 3 atom stereocenters. The van der Waals surface area contributed by atoms with E-state index in [1.165, 1.54) is 4.90 Å². The molecule has 4 rings (SSSR count). The highest BCUT2D eigenvalue weighted by molar-refractivity contribution is 6.02. The van der Waals surface area contributed by atoms with Gasteiger partial charge >= 0.3 is 0 Å². The molecular formula is C24H28N4O2. The molecule has 1 unspecified atom stereocenters. The quantitative estimate of drug-likeness (QED) is 0.833. The largest absolute Gasteiger partial charge is 0.374 e. The summed E-state index contributed by atoms with van der Waals surface area (Å²) in [4.78, 5) is 19.6. The molecule has 0 bridgehead atoms. The lowest BCUT2D eigenvalue weighted by Crippen LogP contribution is -2.56. The number of rotatable bonds is 4. The number of ether oxygens (including phenoxy) is 1. The van der Waals surface area contributed by atoms with Gasteiger partial charge in [0.05, 0.1) is 23.1 Å². The number of nitrogens with two attached hydrogens (primary N) is 1. The normalized spacial score (nSPS) is 30.2. The Balaban J connectivity index is 1.74. The van der Waals surface area contributed by atoms with Crippen LogP contribution in [0, 0.1) is 17.2 Å². The zero-order chi connectivity index (χ0) is 21.5. The van der Waals surface area contributed by atoms with Crippen LogP contribution in [0.3, 0.4) is 0 Å². The van der Waals surface area contributed by atoms with Gasteiger partial charge in [0.15, 0.2) is 5.96 Å².